The highest BCUT2D eigenvalue weighted by atomic mass is 16.7. The number of anilines is 2. The second kappa shape index (κ2) is 10.5. The van der Waals surface area contributed by atoms with E-state index < -0.39 is 24.0 Å². The lowest BCUT2D eigenvalue weighted by molar-refractivity contribution is -0.126. The Kier molecular flexibility index (Phi) is 7.01. The molecule has 192 valence electrons. The standard InChI is InChI=1S/C29H30N2O6/c1-4-17-36-23-16-11-19(18-24(23)35-5-2)26-25-27(37-31(26)21-9-7-6-8-10-21)29(33)30(28(25)32)20-12-14-22(34-3)15-13-20/h6-16,18,25-27H,4-5,17H2,1-3H3/t25-,26-,27+/m1/s1. The minimum absolute atomic E-state index is 0.312. The minimum Gasteiger partial charge on any atom is -0.497 e. The van der Waals surface area contributed by atoms with Gasteiger partial charge in [-0.3, -0.25) is 14.4 Å². The van der Waals surface area contributed by atoms with Gasteiger partial charge in [-0.2, -0.15) is 0 Å². The number of amides is 2. The Morgan fingerprint density at radius 3 is 2.27 bits per heavy atom. The van der Waals surface area contributed by atoms with Gasteiger partial charge >= 0.3 is 0 Å². The molecule has 3 aromatic carbocycles. The third kappa shape index (κ3) is 4.49. The lowest BCUT2D eigenvalue weighted by Crippen LogP contribution is -2.37. The Labute approximate surface area is 216 Å². The normalized spacial score (nSPS) is 20.8. The molecule has 2 saturated heterocycles. The summed E-state index contributed by atoms with van der Waals surface area (Å²) < 4.78 is 17.0. The van der Waals surface area contributed by atoms with Gasteiger partial charge in [-0.15, -0.1) is 0 Å². The highest BCUT2D eigenvalue weighted by molar-refractivity contribution is 6.23. The molecule has 3 atom stereocenters. The molecule has 5 rings (SSSR count). The van der Waals surface area contributed by atoms with Crippen molar-refractivity contribution < 1.29 is 28.6 Å². The minimum atomic E-state index is -0.952. The fourth-order valence-electron chi connectivity index (χ4n) is 4.85. The van der Waals surface area contributed by atoms with E-state index in [1.807, 2.05) is 62.4 Å². The Bertz CT molecular complexity index is 1260. The maximum Gasteiger partial charge on any atom is 0.266 e. The van der Waals surface area contributed by atoms with Crippen molar-refractivity contribution in [3.63, 3.8) is 0 Å². The van der Waals surface area contributed by atoms with Crippen LogP contribution in [0.3, 0.4) is 0 Å². The van der Waals surface area contributed by atoms with Gasteiger partial charge in [0.2, 0.25) is 5.91 Å². The van der Waals surface area contributed by atoms with Gasteiger partial charge in [0, 0.05) is 0 Å². The van der Waals surface area contributed by atoms with Gasteiger partial charge in [0.05, 0.1) is 37.7 Å². The summed E-state index contributed by atoms with van der Waals surface area (Å²) >= 11 is 0. The van der Waals surface area contributed by atoms with Crippen molar-refractivity contribution >= 4 is 23.2 Å². The smallest absolute Gasteiger partial charge is 0.266 e. The van der Waals surface area contributed by atoms with E-state index in [4.69, 9.17) is 19.0 Å². The van der Waals surface area contributed by atoms with Crippen LogP contribution in [0.15, 0.2) is 72.8 Å². The number of methoxy groups -OCH3 is 1. The first-order valence-corrected chi connectivity index (χ1v) is 12.5. The van der Waals surface area contributed by atoms with Gasteiger partial charge in [-0.1, -0.05) is 31.2 Å². The van der Waals surface area contributed by atoms with Crippen molar-refractivity contribution in [2.24, 2.45) is 5.92 Å². The van der Waals surface area contributed by atoms with E-state index in [1.54, 1.807) is 36.4 Å². The largest absolute Gasteiger partial charge is 0.497 e. The van der Waals surface area contributed by atoms with Crippen LogP contribution < -0.4 is 24.2 Å². The topological polar surface area (TPSA) is 77.5 Å². The van der Waals surface area contributed by atoms with Crippen LogP contribution in [0.2, 0.25) is 0 Å². The fourth-order valence-corrected chi connectivity index (χ4v) is 4.85. The molecule has 0 aliphatic carbocycles. The third-order valence-electron chi connectivity index (χ3n) is 6.53. The zero-order chi connectivity index (χ0) is 25.9. The SMILES string of the molecule is CCCOc1ccc([C@@H]2[C@H]3C(=O)N(c4ccc(OC)cc4)C(=O)[C@H]3ON2c2ccccc2)cc1OCC. The van der Waals surface area contributed by atoms with E-state index in [2.05, 4.69) is 0 Å². The molecule has 2 aliphatic heterocycles. The molecule has 0 radical (unpaired) electrons. The first-order chi connectivity index (χ1) is 18.1. The van der Waals surface area contributed by atoms with E-state index in [1.165, 1.54) is 4.90 Å². The van der Waals surface area contributed by atoms with E-state index in [-0.39, 0.29) is 5.91 Å². The van der Waals surface area contributed by atoms with Crippen LogP contribution in [0.25, 0.3) is 0 Å². The molecule has 0 aromatic heterocycles. The second-order valence-corrected chi connectivity index (χ2v) is 8.86. The lowest BCUT2D eigenvalue weighted by Gasteiger charge is -2.29. The number of nitrogens with zero attached hydrogens (tertiary/aromatic N) is 2. The fraction of sp³-hybridized carbons (Fsp3) is 0.310. The number of hydrogen-bond donors (Lipinski definition) is 0. The summed E-state index contributed by atoms with van der Waals surface area (Å²) in [6.45, 7) is 4.98. The summed E-state index contributed by atoms with van der Waals surface area (Å²) in [5.41, 5.74) is 2.03. The first kappa shape index (κ1) is 24.6. The van der Waals surface area contributed by atoms with Gasteiger partial charge in [0.1, 0.15) is 11.7 Å². The van der Waals surface area contributed by atoms with Gasteiger partial charge in [-0.25, -0.2) is 9.96 Å². The predicted octanol–water partition coefficient (Wildman–Crippen LogP) is 4.93. The molecule has 0 N–H and O–H groups in total. The number of para-hydroxylation sites is 1. The average molecular weight is 503 g/mol. The molecule has 0 saturated carbocycles. The van der Waals surface area contributed by atoms with Crippen molar-refractivity contribution in [1.82, 2.24) is 0 Å². The molecule has 2 heterocycles. The number of imide groups is 1. The van der Waals surface area contributed by atoms with Crippen molar-refractivity contribution in [2.75, 3.05) is 30.3 Å². The maximum atomic E-state index is 13.8. The van der Waals surface area contributed by atoms with Crippen LogP contribution in [0.4, 0.5) is 11.4 Å². The lowest BCUT2D eigenvalue weighted by atomic mass is 9.90. The van der Waals surface area contributed by atoms with Gasteiger partial charge in [0.15, 0.2) is 17.6 Å². The molecular formula is C29H30N2O6. The average Bonchev–Trinajstić information content (AvgIpc) is 3.44. The molecule has 0 spiro atoms. The van der Waals surface area contributed by atoms with E-state index >= 15 is 0 Å². The van der Waals surface area contributed by atoms with Crippen LogP contribution in [-0.4, -0.2) is 38.2 Å². The monoisotopic (exact) mass is 502 g/mol. The predicted molar refractivity (Wildman–Crippen MR) is 139 cm³/mol. The maximum absolute atomic E-state index is 13.8. The number of fused-ring (bicyclic) bond motifs is 1. The zero-order valence-corrected chi connectivity index (χ0v) is 21.1. The molecule has 3 aromatic rings. The van der Waals surface area contributed by atoms with Crippen LogP contribution in [-0.2, 0) is 14.4 Å². The highest BCUT2D eigenvalue weighted by Crippen LogP contribution is 2.48. The van der Waals surface area contributed by atoms with E-state index in [9.17, 15) is 9.59 Å². The summed E-state index contributed by atoms with van der Waals surface area (Å²) in [6, 6.07) is 21.4. The van der Waals surface area contributed by atoms with Crippen LogP contribution in [0.5, 0.6) is 17.2 Å². The number of benzene rings is 3. The summed E-state index contributed by atoms with van der Waals surface area (Å²) in [5, 5.41) is 1.67. The number of carbonyl (C=O) groups is 2. The number of hydroxylamine groups is 1. The molecule has 2 amide bonds. The Balaban J connectivity index is 1.56. The Morgan fingerprint density at radius 2 is 1.59 bits per heavy atom. The van der Waals surface area contributed by atoms with Crippen LogP contribution in [0, 0.1) is 5.92 Å². The van der Waals surface area contributed by atoms with E-state index in [0.29, 0.717) is 36.1 Å². The molecule has 0 unspecified atom stereocenters. The molecule has 2 fully saturated rings. The molecule has 8 nitrogen and oxygen atoms in total. The second-order valence-electron chi connectivity index (χ2n) is 8.86. The van der Waals surface area contributed by atoms with Crippen LogP contribution in [0.1, 0.15) is 31.9 Å². The van der Waals surface area contributed by atoms with Gasteiger partial charge in [-0.05, 0) is 67.4 Å². The summed E-state index contributed by atoms with van der Waals surface area (Å²) in [7, 11) is 1.57. The van der Waals surface area contributed by atoms with Crippen molar-refractivity contribution in [3.05, 3.63) is 78.4 Å². The molecule has 37 heavy (non-hydrogen) atoms. The highest BCUT2D eigenvalue weighted by Gasteiger charge is 2.60. The number of hydrogen-bond acceptors (Lipinski definition) is 7. The Morgan fingerprint density at radius 1 is 0.838 bits per heavy atom. The molecule has 2 aliphatic rings. The van der Waals surface area contributed by atoms with Crippen molar-refractivity contribution in [1.29, 1.82) is 0 Å². The van der Waals surface area contributed by atoms with Gasteiger partial charge in [0.25, 0.3) is 5.91 Å². The third-order valence-corrected chi connectivity index (χ3v) is 6.53. The molecular weight excluding hydrogens is 472 g/mol. The first-order valence-electron chi connectivity index (χ1n) is 12.5. The summed E-state index contributed by atoms with van der Waals surface area (Å²) in [5.74, 6) is 0.425. The molecule has 0 bridgehead atoms. The van der Waals surface area contributed by atoms with Crippen LogP contribution >= 0.6 is 0 Å². The Hall–Kier alpha value is -4.04. The van der Waals surface area contributed by atoms with Gasteiger partial charge < -0.3 is 14.2 Å². The quantitative estimate of drug-likeness (QED) is 0.384. The zero-order valence-electron chi connectivity index (χ0n) is 21.1. The number of rotatable bonds is 9. The van der Waals surface area contributed by atoms with Crippen molar-refractivity contribution in [3.8, 4) is 17.2 Å². The number of carbonyl (C=O) groups excluding carboxylic acids is 2. The summed E-state index contributed by atoms with van der Waals surface area (Å²) in [6.07, 6.45) is -0.0843. The number of ether oxygens (including phenoxy) is 3. The van der Waals surface area contributed by atoms with Crippen molar-refractivity contribution in [2.45, 2.75) is 32.4 Å². The van der Waals surface area contributed by atoms with E-state index in [0.717, 1.165) is 17.7 Å². The molecule has 8 heteroatoms. The summed E-state index contributed by atoms with van der Waals surface area (Å²) in [4.78, 5) is 34.8.